The Bertz CT molecular complexity index is 1300. The molecule has 2 aromatic rings. The SMILES string of the molecule is CN(C=O)CCSC=CC1=C(C(=O)OC(c2ccccc2)c2ccccc2)N2C(=O)[C@@H](NC(=O)OC(C)(C)C)[C@H]2SC1. The van der Waals surface area contributed by atoms with Crippen LogP contribution in [-0.2, 0) is 23.9 Å². The molecule has 0 saturated carbocycles. The van der Waals surface area contributed by atoms with E-state index in [9.17, 15) is 19.2 Å². The van der Waals surface area contributed by atoms with Crippen LogP contribution in [0.5, 0.6) is 0 Å². The summed E-state index contributed by atoms with van der Waals surface area (Å²) < 4.78 is 11.5. The number of β-lactam (4-membered cyclic amide) rings is 1. The lowest BCUT2D eigenvalue weighted by Crippen LogP contribution is -2.70. The third kappa shape index (κ3) is 7.77. The van der Waals surface area contributed by atoms with Crippen molar-refractivity contribution in [3.63, 3.8) is 0 Å². The first-order valence-electron chi connectivity index (χ1n) is 13.5. The minimum absolute atomic E-state index is 0.157. The summed E-state index contributed by atoms with van der Waals surface area (Å²) in [5, 5.41) is 4.04. The highest BCUT2D eigenvalue weighted by atomic mass is 32.2. The van der Waals surface area contributed by atoms with Crippen LogP contribution in [0.1, 0.15) is 38.0 Å². The molecule has 222 valence electrons. The van der Waals surface area contributed by atoms with E-state index in [-0.39, 0.29) is 5.70 Å². The van der Waals surface area contributed by atoms with Gasteiger partial charge in [-0.25, -0.2) is 9.59 Å². The van der Waals surface area contributed by atoms with Gasteiger partial charge >= 0.3 is 12.1 Å². The molecule has 1 fully saturated rings. The molecule has 1 N–H and O–H groups in total. The summed E-state index contributed by atoms with van der Waals surface area (Å²) in [6.07, 6.45) is 1.20. The maximum Gasteiger partial charge on any atom is 0.408 e. The first-order chi connectivity index (χ1) is 20.1. The van der Waals surface area contributed by atoms with E-state index in [0.29, 0.717) is 23.6 Å². The van der Waals surface area contributed by atoms with E-state index in [1.54, 1.807) is 32.7 Å². The zero-order valence-electron chi connectivity index (χ0n) is 24.0. The number of allylic oxidation sites excluding steroid dienone is 1. The molecule has 2 heterocycles. The van der Waals surface area contributed by atoms with Gasteiger partial charge in [-0.1, -0.05) is 60.7 Å². The highest BCUT2D eigenvalue weighted by molar-refractivity contribution is 8.02. The topological polar surface area (TPSA) is 105 Å². The number of fused-ring (bicyclic) bond motifs is 1. The van der Waals surface area contributed by atoms with Crippen LogP contribution >= 0.6 is 23.5 Å². The number of alkyl carbamates (subject to hydrolysis) is 1. The number of hydrogen-bond acceptors (Lipinski definition) is 8. The Balaban J connectivity index is 1.61. The predicted molar refractivity (Wildman–Crippen MR) is 164 cm³/mol. The van der Waals surface area contributed by atoms with Crippen LogP contribution in [0.3, 0.4) is 0 Å². The smallest absolute Gasteiger partial charge is 0.408 e. The van der Waals surface area contributed by atoms with E-state index in [1.807, 2.05) is 72.1 Å². The minimum Gasteiger partial charge on any atom is -0.448 e. The molecule has 1 saturated heterocycles. The molecule has 3 amide bonds. The summed E-state index contributed by atoms with van der Waals surface area (Å²) in [7, 11) is 1.71. The van der Waals surface area contributed by atoms with Gasteiger partial charge < -0.3 is 19.7 Å². The van der Waals surface area contributed by atoms with Crippen molar-refractivity contribution >= 4 is 47.9 Å². The largest absolute Gasteiger partial charge is 0.448 e. The summed E-state index contributed by atoms with van der Waals surface area (Å²) in [5.41, 5.74) is 1.67. The quantitative estimate of drug-likeness (QED) is 0.169. The third-order valence-electron chi connectivity index (χ3n) is 6.40. The molecule has 2 aromatic carbocycles. The molecule has 42 heavy (non-hydrogen) atoms. The molecule has 9 nitrogen and oxygen atoms in total. The Labute approximate surface area is 254 Å². The fourth-order valence-electron chi connectivity index (χ4n) is 4.39. The summed E-state index contributed by atoms with van der Waals surface area (Å²) in [6, 6.07) is 18.0. The molecule has 0 bridgehead atoms. The van der Waals surface area contributed by atoms with Crippen LogP contribution in [0.4, 0.5) is 4.79 Å². The zero-order chi connectivity index (χ0) is 30.3. The molecule has 0 radical (unpaired) electrons. The number of ether oxygens (including phenoxy) is 2. The monoisotopic (exact) mass is 609 g/mol. The van der Waals surface area contributed by atoms with Gasteiger partial charge in [0.15, 0.2) is 6.10 Å². The van der Waals surface area contributed by atoms with Gasteiger partial charge in [-0.3, -0.25) is 14.5 Å². The van der Waals surface area contributed by atoms with E-state index in [1.165, 1.54) is 28.4 Å². The number of rotatable bonds is 11. The van der Waals surface area contributed by atoms with Crippen molar-refractivity contribution in [3.8, 4) is 0 Å². The fraction of sp³-hybridized carbons (Fsp3) is 0.355. The van der Waals surface area contributed by atoms with Gasteiger partial charge in [-0.05, 0) is 49.0 Å². The van der Waals surface area contributed by atoms with Crippen molar-refractivity contribution in [1.82, 2.24) is 15.1 Å². The molecule has 0 unspecified atom stereocenters. The van der Waals surface area contributed by atoms with E-state index >= 15 is 0 Å². The number of nitrogens with one attached hydrogen (secondary N) is 1. The van der Waals surface area contributed by atoms with Crippen LogP contribution < -0.4 is 5.32 Å². The predicted octanol–water partition coefficient (Wildman–Crippen LogP) is 4.72. The molecule has 0 spiro atoms. The van der Waals surface area contributed by atoms with Gasteiger partial charge in [0.05, 0.1) is 0 Å². The lowest BCUT2D eigenvalue weighted by molar-refractivity contribution is -0.153. The van der Waals surface area contributed by atoms with Crippen molar-refractivity contribution < 1.29 is 28.7 Å². The van der Waals surface area contributed by atoms with E-state index in [4.69, 9.17) is 9.47 Å². The number of nitrogens with zero attached hydrogens (tertiary/aromatic N) is 2. The third-order valence-corrected chi connectivity index (χ3v) is 8.45. The second kappa shape index (κ2) is 14.0. The number of thioether (sulfide) groups is 2. The Kier molecular flexibility index (Phi) is 10.4. The van der Waals surface area contributed by atoms with Crippen LogP contribution in [-0.4, -0.2) is 76.3 Å². The first kappa shape index (κ1) is 31.2. The van der Waals surface area contributed by atoms with Crippen LogP contribution in [0.25, 0.3) is 0 Å². The average Bonchev–Trinajstić information content (AvgIpc) is 2.97. The maximum absolute atomic E-state index is 14.0. The van der Waals surface area contributed by atoms with E-state index in [2.05, 4.69) is 5.32 Å². The molecule has 0 aliphatic carbocycles. The van der Waals surface area contributed by atoms with Gasteiger partial charge in [0.1, 0.15) is 22.7 Å². The number of carbonyl (C=O) groups excluding carboxylic acids is 4. The molecule has 2 atom stereocenters. The molecule has 11 heteroatoms. The normalized spacial score (nSPS) is 18.4. The van der Waals surface area contributed by atoms with Gasteiger partial charge in [0.2, 0.25) is 6.41 Å². The van der Waals surface area contributed by atoms with Crippen molar-refractivity contribution in [1.29, 1.82) is 0 Å². The number of hydrogen-bond donors (Lipinski definition) is 1. The lowest BCUT2D eigenvalue weighted by Gasteiger charge is -2.49. The number of benzene rings is 2. The molecule has 4 rings (SSSR count). The zero-order valence-corrected chi connectivity index (χ0v) is 25.7. The lowest BCUT2D eigenvalue weighted by atomic mass is 10.0. The van der Waals surface area contributed by atoms with Crippen molar-refractivity contribution in [2.45, 2.75) is 43.9 Å². The van der Waals surface area contributed by atoms with E-state index in [0.717, 1.165) is 17.5 Å². The maximum atomic E-state index is 14.0. The first-order valence-corrected chi connectivity index (χ1v) is 15.6. The number of esters is 1. The number of amides is 3. The van der Waals surface area contributed by atoms with Crippen molar-refractivity contribution in [3.05, 3.63) is 94.5 Å². The molecular formula is C31H35N3O6S2. The van der Waals surface area contributed by atoms with Crippen LogP contribution in [0.15, 0.2) is 83.4 Å². The van der Waals surface area contributed by atoms with Gasteiger partial charge in [0.25, 0.3) is 5.91 Å². The number of carbonyl (C=O) groups is 4. The second-order valence-corrected chi connectivity index (χ2v) is 12.9. The highest BCUT2D eigenvalue weighted by Gasteiger charge is 2.54. The summed E-state index contributed by atoms with van der Waals surface area (Å²) in [5.74, 6) is 0.0563. The molecular weight excluding hydrogens is 574 g/mol. The van der Waals surface area contributed by atoms with Crippen LogP contribution in [0, 0.1) is 0 Å². The summed E-state index contributed by atoms with van der Waals surface area (Å²) in [4.78, 5) is 53.6. The van der Waals surface area contributed by atoms with Crippen molar-refractivity contribution in [2.24, 2.45) is 0 Å². The molecule has 0 aromatic heterocycles. The Morgan fingerprint density at radius 3 is 2.31 bits per heavy atom. The summed E-state index contributed by atoms with van der Waals surface area (Å²) in [6.45, 7) is 5.81. The Morgan fingerprint density at radius 2 is 1.74 bits per heavy atom. The van der Waals surface area contributed by atoms with Crippen molar-refractivity contribution in [2.75, 3.05) is 25.1 Å². The highest BCUT2D eigenvalue weighted by Crippen LogP contribution is 2.42. The fourth-order valence-corrected chi connectivity index (χ4v) is 6.50. The standard InChI is InChI=1S/C31H35N3O6S2/c1-31(2,3)40-30(38)32-24-27(36)34-25(23(19-42-28(24)34)15-17-41-18-16-33(4)20-35)29(37)39-26(21-11-7-5-8-12-21)22-13-9-6-10-14-22/h5-15,17,20,24,26,28H,16,18-19H2,1-4H3,(H,32,38)/t24-,28-/m1/s1. The van der Waals surface area contributed by atoms with Gasteiger partial charge in [0, 0.05) is 25.1 Å². The minimum atomic E-state index is -0.828. The van der Waals surface area contributed by atoms with Gasteiger partial charge in [-0.2, -0.15) is 0 Å². The van der Waals surface area contributed by atoms with E-state index < -0.39 is 41.1 Å². The Hall–Kier alpha value is -3.70. The van der Waals surface area contributed by atoms with Gasteiger partial charge in [-0.15, -0.1) is 23.5 Å². The molecule has 2 aliphatic heterocycles. The second-order valence-electron chi connectivity index (χ2n) is 10.8. The summed E-state index contributed by atoms with van der Waals surface area (Å²) >= 11 is 2.95. The average molecular weight is 610 g/mol. The Morgan fingerprint density at radius 1 is 1.12 bits per heavy atom. The van der Waals surface area contributed by atoms with Crippen LogP contribution in [0.2, 0.25) is 0 Å². The molecule has 2 aliphatic rings.